The maximum absolute atomic E-state index is 12.5. The summed E-state index contributed by atoms with van der Waals surface area (Å²) in [5, 5.41) is 3.20. The average molecular weight is 187 g/mol. The lowest BCUT2D eigenvalue weighted by atomic mass is 10.2. The molecule has 0 aromatic carbocycles. The molecular weight excluding hydrogens is 173 g/mol. The lowest BCUT2D eigenvalue weighted by molar-refractivity contribution is 0.537. The minimum atomic E-state index is -0.101. The number of thiophene rings is 1. The van der Waals surface area contributed by atoms with Gasteiger partial charge in [-0.05, 0) is 25.5 Å². The summed E-state index contributed by atoms with van der Waals surface area (Å²) in [6.07, 6.45) is 1.11. The number of rotatable bonds is 4. The second kappa shape index (κ2) is 4.58. The Kier molecular flexibility index (Phi) is 3.69. The van der Waals surface area contributed by atoms with E-state index in [0.29, 0.717) is 6.04 Å². The summed E-state index contributed by atoms with van der Waals surface area (Å²) >= 11 is 1.21. The molecule has 68 valence electrons. The monoisotopic (exact) mass is 187 g/mol. The van der Waals surface area contributed by atoms with Crippen LogP contribution in [0.3, 0.4) is 0 Å². The van der Waals surface area contributed by atoms with Gasteiger partial charge in [0, 0.05) is 17.5 Å². The molecule has 0 spiro atoms. The fourth-order valence-corrected chi connectivity index (χ4v) is 1.54. The molecular formula is C9H14FNS. The zero-order valence-electron chi connectivity index (χ0n) is 7.43. The zero-order valence-corrected chi connectivity index (χ0v) is 8.25. The molecule has 1 N–H and O–H groups in total. The molecule has 0 radical (unpaired) electrons. The van der Waals surface area contributed by atoms with E-state index in [0.717, 1.165) is 17.8 Å². The summed E-state index contributed by atoms with van der Waals surface area (Å²) in [7, 11) is 0. The van der Waals surface area contributed by atoms with Crippen LogP contribution >= 0.6 is 11.3 Å². The van der Waals surface area contributed by atoms with E-state index in [4.69, 9.17) is 0 Å². The Morgan fingerprint density at radius 1 is 1.58 bits per heavy atom. The lowest BCUT2D eigenvalue weighted by Crippen LogP contribution is -2.23. The van der Waals surface area contributed by atoms with E-state index in [1.807, 2.05) is 6.07 Å². The highest BCUT2D eigenvalue weighted by molar-refractivity contribution is 7.10. The minimum absolute atomic E-state index is 0.101. The molecule has 12 heavy (non-hydrogen) atoms. The second-order valence-corrected chi connectivity index (χ2v) is 4.01. The van der Waals surface area contributed by atoms with Gasteiger partial charge in [-0.2, -0.15) is 4.39 Å². The van der Waals surface area contributed by atoms with Gasteiger partial charge in [0.2, 0.25) is 0 Å². The van der Waals surface area contributed by atoms with E-state index in [-0.39, 0.29) is 5.13 Å². The van der Waals surface area contributed by atoms with Crippen LogP contribution in [0.1, 0.15) is 25.1 Å². The van der Waals surface area contributed by atoms with Gasteiger partial charge in [0.15, 0.2) is 5.13 Å². The fraction of sp³-hybridized carbons (Fsp3) is 0.556. The third-order valence-electron chi connectivity index (χ3n) is 1.87. The van der Waals surface area contributed by atoms with Crippen molar-refractivity contribution >= 4 is 11.3 Å². The average Bonchev–Trinajstić information content (AvgIpc) is 2.47. The van der Waals surface area contributed by atoms with Gasteiger partial charge in [-0.3, -0.25) is 0 Å². The summed E-state index contributed by atoms with van der Waals surface area (Å²) in [6, 6.07) is 3.85. The molecule has 1 rings (SSSR count). The molecule has 0 bridgehead atoms. The molecule has 1 heterocycles. The SMILES string of the molecule is CCC(C)NCc1ccc(F)s1. The Labute approximate surface area is 76.6 Å². The van der Waals surface area contributed by atoms with Crippen molar-refractivity contribution in [3.8, 4) is 0 Å². The van der Waals surface area contributed by atoms with Gasteiger partial charge in [0.1, 0.15) is 0 Å². The lowest BCUT2D eigenvalue weighted by Gasteiger charge is -2.08. The first-order chi connectivity index (χ1) is 5.72. The van der Waals surface area contributed by atoms with Crippen LogP contribution in [0.5, 0.6) is 0 Å². The highest BCUT2D eigenvalue weighted by atomic mass is 32.1. The van der Waals surface area contributed by atoms with Gasteiger partial charge < -0.3 is 5.32 Å². The van der Waals surface area contributed by atoms with Gasteiger partial charge in [-0.1, -0.05) is 6.92 Å². The Balaban J connectivity index is 2.33. The van der Waals surface area contributed by atoms with Crippen molar-refractivity contribution in [1.29, 1.82) is 0 Å². The smallest absolute Gasteiger partial charge is 0.176 e. The molecule has 0 saturated carbocycles. The predicted molar refractivity (Wildman–Crippen MR) is 50.9 cm³/mol. The first kappa shape index (κ1) is 9.68. The maximum atomic E-state index is 12.5. The van der Waals surface area contributed by atoms with Crippen LogP contribution in [0, 0.1) is 5.13 Å². The fourth-order valence-electron chi connectivity index (χ4n) is 0.866. The Morgan fingerprint density at radius 3 is 2.83 bits per heavy atom. The van der Waals surface area contributed by atoms with E-state index < -0.39 is 0 Å². The third kappa shape index (κ3) is 2.91. The Morgan fingerprint density at radius 2 is 2.33 bits per heavy atom. The highest BCUT2D eigenvalue weighted by Crippen LogP contribution is 2.13. The summed E-state index contributed by atoms with van der Waals surface area (Å²) in [5.74, 6) is 0. The molecule has 0 fully saturated rings. The topological polar surface area (TPSA) is 12.0 Å². The van der Waals surface area contributed by atoms with Crippen molar-refractivity contribution in [1.82, 2.24) is 5.32 Å². The van der Waals surface area contributed by atoms with Crippen LogP contribution in [0.15, 0.2) is 12.1 Å². The van der Waals surface area contributed by atoms with Gasteiger partial charge >= 0.3 is 0 Å². The molecule has 0 amide bonds. The van der Waals surface area contributed by atoms with E-state index in [2.05, 4.69) is 19.2 Å². The second-order valence-electron chi connectivity index (χ2n) is 2.90. The Hall–Kier alpha value is -0.410. The number of halogens is 1. The van der Waals surface area contributed by atoms with Crippen molar-refractivity contribution in [2.45, 2.75) is 32.9 Å². The number of nitrogens with one attached hydrogen (secondary N) is 1. The van der Waals surface area contributed by atoms with Crippen molar-refractivity contribution in [3.05, 3.63) is 22.1 Å². The van der Waals surface area contributed by atoms with Crippen molar-refractivity contribution in [2.24, 2.45) is 0 Å². The van der Waals surface area contributed by atoms with Gasteiger partial charge in [0.25, 0.3) is 0 Å². The molecule has 1 nitrogen and oxygen atoms in total. The van der Waals surface area contributed by atoms with Crippen molar-refractivity contribution in [2.75, 3.05) is 0 Å². The van der Waals surface area contributed by atoms with Gasteiger partial charge in [0.05, 0.1) is 0 Å². The molecule has 0 aliphatic heterocycles. The molecule has 0 saturated heterocycles. The van der Waals surface area contributed by atoms with Gasteiger partial charge in [-0.15, -0.1) is 11.3 Å². The molecule has 0 aliphatic rings. The predicted octanol–water partition coefficient (Wildman–Crippen LogP) is 2.78. The third-order valence-corrected chi connectivity index (χ3v) is 2.74. The summed E-state index contributed by atoms with van der Waals surface area (Å²) in [4.78, 5) is 1.06. The van der Waals surface area contributed by atoms with Crippen molar-refractivity contribution in [3.63, 3.8) is 0 Å². The van der Waals surface area contributed by atoms with E-state index in [1.54, 1.807) is 0 Å². The zero-order chi connectivity index (χ0) is 8.97. The summed E-state index contributed by atoms with van der Waals surface area (Å²) in [5.41, 5.74) is 0. The largest absolute Gasteiger partial charge is 0.309 e. The number of hydrogen-bond acceptors (Lipinski definition) is 2. The standard InChI is InChI=1S/C9H14FNS/c1-3-7(2)11-6-8-4-5-9(10)12-8/h4-5,7,11H,3,6H2,1-2H3. The molecule has 1 atom stereocenters. The van der Waals surface area contributed by atoms with Crippen LogP contribution < -0.4 is 5.32 Å². The summed E-state index contributed by atoms with van der Waals surface area (Å²) < 4.78 is 12.5. The summed E-state index contributed by atoms with van der Waals surface area (Å²) in [6.45, 7) is 5.04. The van der Waals surface area contributed by atoms with Crippen molar-refractivity contribution < 1.29 is 4.39 Å². The van der Waals surface area contributed by atoms with Crippen LogP contribution in [0.4, 0.5) is 4.39 Å². The first-order valence-electron chi connectivity index (χ1n) is 4.20. The van der Waals surface area contributed by atoms with Crippen LogP contribution in [-0.2, 0) is 6.54 Å². The number of hydrogen-bond donors (Lipinski definition) is 1. The molecule has 0 aliphatic carbocycles. The maximum Gasteiger partial charge on any atom is 0.176 e. The quantitative estimate of drug-likeness (QED) is 0.764. The van der Waals surface area contributed by atoms with Gasteiger partial charge in [-0.25, -0.2) is 0 Å². The molecule has 3 heteroatoms. The van der Waals surface area contributed by atoms with E-state index in [9.17, 15) is 4.39 Å². The van der Waals surface area contributed by atoms with E-state index in [1.165, 1.54) is 17.4 Å². The van der Waals surface area contributed by atoms with E-state index >= 15 is 0 Å². The van der Waals surface area contributed by atoms with Crippen LogP contribution in [-0.4, -0.2) is 6.04 Å². The molecule has 1 aromatic rings. The van der Waals surface area contributed by atoms with Crippen LogP contribution in [0.2, 0.25) is 0 Å². The molecule has 1 unspecified atom stereocenters. The normalized spacial score (nSPS) is 13.2. The Bertz CT molecular complexity index is 234. The van der Waals surface area contributed by atoms with Crippen LogP contribution in [0.25, 0.3) is 0 Å². The highest BCUT2D eigenvalue weighted by Gasteiger charge is 2.00. The molecule has 1 aromatic heterocycles. The first-order valence-corrected chi connectivity index (χ1v) is 5.01. The minimum Gasteiger partial charge on any atom is -0.309 e.